The zero-order valence-corrected chi connectivity index (χ0v) is 14.0. The minimum absolute atomic E-state index is 0.327. The summed E-state index contributed by atoms with van der Waals surface area (Å²) in [4.78, 5) is 23.4. The maximum absolute atomic E-state index is 13.4. The summed E-state index contributed by atoms with van der Waals surface area (Å²) in [6.45, 7) is 1.69. The molecular formula is C19H17F2NO4. The molecular weight excluding hydrogens is 344 g/mol. The molecule has 2 aromatic carbocycles. The van der Waals surface area contributed by atoms with E-state index in [1.807, 2.05) is 6.92 Å². The largest absolute Gasteiger partial charge is 0.493 e. The van der Waals surface area contributed by atoms with E-state index in [-0.39, 0.29) is 5.69 Å². The fraction of sp³-hybridized carbons (Fsp3) is 0.158. The van der Waals surface area contributed by atoms with Crippen LogP contribution in [-0.2, 0) is 14.3 Å². The molecule has 0 bridgehead atoms. The molecule has 0 saturated carbocycles. The average Bonchev–Trinajstić information content (AvgIpc) is 2.62. The van der Waals surface area contributed by atoms with Crippen LogP contribution in [0.5, 0.6) is 5.75 Å². The number of benzene rings is 2. The van der Waals surface area contributed by atoms with Crippen LogP contribution in [0.2, 0.25) is 0 Å². The van der Waals surface area contributed by atoms with Gasteiger partial charge < -0.3 is 14.8 Å². The molecule has 2 aromatic rings. The second-order valence-corrected chi connectivity index (χ2v) is 5.08. The molecule has 0 aromatic heterocycles. The molecule has 0 spiro atoms. The van der Waals surface area contributed by atoms with Crippen molar-refractivity contribution in [3.05, 3.63) is 65.7 Å². The Hall–Kier alpha value is -3.22. The summed E-state index contributed by atoms with van der Waals surface area (Å²) in [5.74, 6) is -2.43. The third-order valence-corrected chi connectivity index (χ3v) is 3.17. The molecule has 0 atom stereocenters. The van der Waals surface area contributed by atoms with E-state index in [2.05, 4.69) is 5.32 Å². The normalized spacial score (nSPS) is 10.6. The number of amides is 1. The fourth-order valence-corrected chi connectivity index (χ4v) is 2.03. The molecule has 136 valence electrons. The molecule has 1 N–H and O–H groups in total. The summed E-state index contributed by atoms with van der Waals surface area (Å²) in [5.41, 5.74) is 0.352. The van der Waals surface area contributed by atoms with Crippen LogP contribution in [0.3, 0.4) is 0 Å². The Morgan fingerprint density at radius 2 is 1.92 bits per heavy atom. The highest BCUT2D eigenvalue weighted by Gasteiger charge is 2.10. The lowest BCUT2D eigenvalue weighted by Gasteiger charge is -2.07. The number of hydrogen-bond acceptors (Lipinski definition) is 4. The van der Waals surface area contributed by atoms with Crippen LogP contribution in [0.1, 0.15) is 12.5 Å². The standard InChI is InChI=1S/C19H17F2NO4/c1-2-25-17-6-4-3-5-13(17)7-10-19(24)26-12-18(23)22-16-11-14(20)8-9-15(16)21/h3-11H,2,12H2,1H3,(H,22,23)/b10-7+. The third-order valence-electron chi connectivity index (χ3n) is 3.17. The van der Waals surface area contributed by atoms with E-state index < -0.39 is 30.1 Å². The quantitative estimate of drug-likeness (QED) is 0.605. The van der Waals surface area contributed by atoms with Gasteiger partial charge in [0.05, 0.1) is 12.3 Å². The topological polar surface area (TPSA) is 64.6 Å². The summed E-state index contributed by atoms with van der Waals surface area (Å²) < 4.78 is 36.7. The highest BCUT2D eigenvalue weighted by Crippen LogP contribution is 2.19. The lowest BCUT2D eigenvalue weighted by Crippen LogP contribution is -2.20. The first-order valence-electron chi connectivity index (χ1n) is 7.81. The Labute approximate surface area is 149 Å². The zero-order valence-electron chi connectivity index (χ0n) is 14.0. The Bertz CT molecular complexity index is 821. The SMILES string of the molecule is CCOc1ccccc1/C=C/C(=O)OCC(=O)Nc1cc(F)ccc1F. The first-order valence-corrected chi connectivity index (χ1v) is 7.81. The Kier molecular flexibility index (Phi) is 6.84. The van der Waals surface area contributed by atoms with E-state index in [4.69, 9.17) is 9.47 Å². The number of anilines is 1. The van der Waals surface area contributed by atoms with Crippen LogP contribution in [0, 0.1) is 11.6 Å². The molecule has 0 unspecified atom stereocenters. The molecule has 5 nitrogen and oxygen atoms in total. The molecule has 0 aliphatic rings. The minimum Gasteiger partial charge on any atom is -0.493 e. The maximum Gasteiger partial charge on any atom is 0.331 e. The van der Waals surface area contributed by atoms with Crippen LogP contribution in [0.4, 0.5) is 14.5 Å². The van der Waals surface area contributed by atoms with Crippen molar-refractivity contribution in [2.24, 2.45) is 0 Å². The molecule has 0 heterocycles. The summed E-state index contributed by atoms with van der Waals surface area (Å²) in [6, 6.07) is 9.75. The van der Waals surface area contributed by atoms with E-state index in [0.29, 0.717) is 17.9 Å². The molecule has 0 radical (unpaired) electrons. The van der Waals surface area contributed by atoms with E-state index in [1.54, 1.807) is 24.3 Å². The first-order chi connectivity index (χ1) is 12.5. The number of carbonyl (C=O) groups excluding carboxylic acids is 2. The average molecular weight is 361 g/mol. The van der Waals surface area contributed by atoms with Crippen molar-refractivity contribution in [3.8, 4) is 5.75 Å². The van der Waals surface area contributed by atoms with Crippen molar-refractivity contribution in [1.29, 1.82) is 0 Å². The molecule has 7 heteroatoms. The van der Waals surface area contributed by atoms with Gasteiger partial charge in [0.25, 0.3) is 5.91 Å². The van der Waals surface area contributed by atoms with Crippen molar-refractivity contribution in [1.82, 2.24) is 0 Å². The molecule has 2 rings (SSSR count). The van der Waals surface area contributed by atoms with Crippen LogP contribution in [-0.4, -0.2) is 25.1 Å². The fourth-order valence-electron chi connectivity index (χ4n) is 2.03. The van der Waals surface area contributed by atoms with Crippen molar-refractivity contribution in [3.63, 3.8) is 0 Å². The smallest absolute Gasteiger partial charge is 0.331 e. The summed E-state index contributed by atoms with van der Waals surface area (Å²) in [7, 11) is 0. The lowest BCUT2D eigenvalue weighted by atomic mass is 10.2. The number of halogens is 2. The van der Waals surface area contributed by atoms with Crippen LogP contribution < -0.4 is 10.1 Å². The molecule has 0 fully saturated rings. The van der Waals surface area contributed by atoms with E-state index in [1.165, 1.54) is 6.08 Å². The molecule has 0 aliphatic carbocycles. The molecule has 0 aliphatic heterocycles. The second-order valence-electron chi connectivity index (χ2n) is 5.08. The lowest BCUT2D eigenvalue weighted by molar-refractivity contribution is -0.142. The van der Waals surface area contributed by atoms with Crippen molar-refractivity contribution < 1.29 is 27.8 Å². The van der Waals surface area contributed by atoms with Gasteiger partial charge in [0.1, 0.15) is 17.4 Å². The number of para-hydroxylation sites is 1. The summed E-state index contributed by atoms with van der Waals surface area (Å²) in [6.07, 6.45) is 2.64. The number of rotatable bonds is 7. The Balaban J connectivity index is 1.88. The van der Waals surface area contributed by atoms with E-state index in [9.17, 15) is 18.4 Å². The van der Waals surface area contributed by atoms with Gasteiger partial charge in [0.15, 0.2) is 6.61 Å². The van der Waals surface area contributed by atoms with Gasteiger partial charge in [-0.15, -0.1) is 0 Å². The van der Waals surface area contributed by atoms with Gasteiger partial charge in [-0.05, 0) is 31.2 Å². The van der Waals surface area contributed by atoms with E-state index >= 15 is 0 Å². The summed E-state index contributed by atoms with van der Waals surface area (Å²) >= 11 is 0. The number of ether oxygens (including phenoxy) is 2. The van der Waals surface area contributed by atoms with Crippen molar-refractivity contribution in [2.75, 3.05) is 18.5 Å². The van der Waals surface area contributed by atoms with Crippen molar-refractivity contribution >= 4 is 23.6 Å². The number of esters is 1. The third kappa shape index (κ3) is 5.70. The van der Waals surface area contributed by atoms with Crippen LogP contribution >= 0.6 is 0 Å². The minimum atomic E-state index is -0.793. The molecule has 0 saturated heterocycles. The van der Waals surface area contributed by atoms with Gasteiger partial charge in [-0.1, -0.05) is 18.2 Å². The first kappa shape index (κ1) is 19.1. The molecule has 26 heavy (non-hydrogen) atoms. The highest BCUT2D eigenvalue weighted by molar-refractivity contribution is 5.94. The van der Waals surface area contributed by atoms with Gasteiger partial charge in [-0.3, -0.25) is 4.79 Å². The summed E-state index contributed by atoms with van der Waals surface area (Å²) in [5, 5.41) is 2.13. The van der Waals surface area contributed by atoms with Gasteiger partial charge in [0, 0.05) is 17.7 Å². The van der Waals surface area contributed by atoms with Gasteiger partial charge >= 0.3 is 5.97 Å². The highest BCUT2D eigenvalue weighted by atomic mass is 19.1. The molecule has 1 amide bonds. The van der Waals surface area contributed by atoms with E-state index in [0.717, 1.165) is 24.3 Å². The van der Waals surface area contributed by atoms with Crippen LogP contribution in [0.15, 0.2) is 48.5 Å². The second kappa shape index (κ2) is 9.31. The van der Waals surface area contributed by atoms with Gasteiger partial charge in [-0.25, -0.2) is 13.6 Å². The van der Waals surface area contributed by atoms with Crippen LogP contribution in [0.25, 0.3) is 6.08 Å². The number of hydrogen-bond donors (Lipinski definition) is 1. The van der Waals surface area contributed by atoms with Gasteiger partial charge in [0.2, 0.25) is 0 Å². The van der Waals surface area contributed by atoms with Gasteiger partial charge in [-0.2, -0.15) is 0 Å². The van der Waals surface area contributed by atoms with Crippen molar-refractivity contribution in [2.45, 2.75) is 6.92 Å². The monoisotopic (exact) mass is 361 g/mol. The number of carbonyl (C=O) groups is 2. The Morgan fingerprint density at radius 3 is 2.69 bits per heavy atom. The maximum atomic E-state index is 13.4. The predicted octanol–water partition coefficient (Wildman–Crippen LogP) is 3.56. The predicted molar refractivity (Wildman–Crippen MR) is 92.6 cm³/mol. The Morgan fingerprint density at radius 1 is 1.15 bits per heavy atom. The zero-order chi connectivity index (χ0) is 18.9. The number of nitrogens with one attached hydrogen (secondary N) is 1.